The normalized spacial score (nSPS) is 16.3. The predicted octanol–water partition coefficient (Wildman–Crippen LogP) is 5.74. The molecule has 0 aromatic heterocycles. The highest BCUT2D eigenvalue weighted by Crippen LogP contribution is 2.37. The van der Waals surface area contributed by atoms with Gasteiger partial charge in [0, 0.05) is 25.4 Å². The largest absolute Gasteiger partial charge is 0.508 e. The molecular formula is C39H35ClFN3O7. The van der Waals surface area contributed by atoms with Gasteiger partial charge in [-0.25, -0.2) is 4.39 Å². The first-order chi connectivity index (χ1) is 24.5. The number of allylic oxidation sites excluding steroid dienone is 1. The van der Waals surface area contributed by atoms with Crippen LogP contribution < -0.4 is 10.1 Å². The zero-order valence-corrected chi connectivity index (χ0v) is 28.5. The number of nitrogens with zero attached hydrogens (tertiary/aromatic N) is 2. The van der Waals surface area contributed by atoms with Crippen molar-refractivity contribution < 1.29 is 38.5 Å². The summed E-state index contributed by atoms with van der Waals surface area (Å²) in [5, 5.41) is 21.9. The first-order valence-electron chi connectivity index (χ1n) is 16.4. The number of carbonyl (C=O) groups excluding carboxylic acids is 4. The van der Waals surface area contributed by atoms with E-state index in [4.69, 9.17) is 16.3 Å². The predicted molar refractivity (Wildman–Crippen MR) is 189 cm³/mol. The molecule has 0 bridgehead atoms. The van der Waals surface area contributed by atoms with E-state index >= 15 is 4.39 Å². The van der Waals surface area contributed by atoms with Crippen molar-refractivity contribution in [1.82, 2.24) is 15.1 Å². The van der Waals surface area contributed by atoms with Crippen molar-refractivity contribution in [3.63, 3.8) is 0 Å². The summed E-state index contributed by atoms with van der Waals surface area (Å²) in [6.07, 6.45) is 0.522. The van der Waals surface area contributed by atoms with Crippen LogP contribution in [0, 0.1) is 5.82 Å². The average molecular weight is 712 g/mol. The van der Waals surface area contributed by atoms with E-state index in [1.54, 1.807) is 24.3 Å². The summed E-state index contributed by atoms with van der Waals surface area (Å²) in [5.41, 5.74) is 4.59. The lowest BCUT2D eigenvalue weighted by molar-refractivity contribution is -0.136. The maximum atomic E-state index is 15.2. The van der Waals surface area contributed by atoms with Crippen LogP contribution in [0.3, 0.4) is 0 Å². The van der Waals surface area contributed by atoms with E-state index < -0.39 is 35.5 Å². The van der Waals surface area contributed by atoms with Crippen molar-refractivity contribution in [3.8, 4) is 17.2 Å². The van der Waals surface area contributed by atoms with Gasteiger partial charge in [0.05, 0.1) is 11.1 Å². The number of halogens is 2. The van der Waals surface area contributed by atoms with E-state index in [2.05, 4.69) is 5.32 Å². The molecule has 4 aromatic rings. The second-order valence-electron chi connectivity index (χ2n) is 12.4. The molecule has 0 aliphatic carbocycles. The van der Waals surface area contributed by atoms with Crippen LogP contribution >= 0.6 is 11.6 Å². The van der Waals surface area contributed by atoms with Gasteiger partial charge < -0.3 is 14.9 Å². The lowest BCUT2D eigenvalue weighted by atomic mass is 9.88. The highest BCUT2D eigenvalue weighted by atomic mass is 35.5. The number of rotatable bonds is 12. The van der Waals surface area contributed by atoms with Crippen molar-refractivity contribution in [1.29, 1.82) is 0 Å². The number of hydrogen-bond acceptors (Lipinski definition) is 8. The number of likely N-dealkylation sites (N-methyl/N-ethyl adjacent to an activating group) is 1. The van der Waals surface area contributed by atoms with E-state index in [0.29, 0.717) is 36.8 Å². The fraction of sp³-hybridized carbons (Fsp3) is 0.231. The third-order valence-electron chi connectivity index (χ3n) is 8.91. The van der Waals surface area contributed by atoms with Crippen molar-refractivity contribution in [2.24, 2.45) is 0 Å². The summed E-state index contributed by atoms with van der Waals surface area (Å²) in [5.74, 6) is -2.43. The Hall–Kier alpha value is -5.52. The molecule has 4 aromatic carbocycles. The Labute approximate surface area is 298 Å². The smallest absolute Gasteiger partial charge is 0.265 e. The Bertz CT molecular complexity index is 2010. The van der Waals surface area contributed by atoms with Crippen LogP contribution in [0.25, 0.3) is 11.1 Å². The molecule has 4 amide bonds. The molecule has 2 heterocycles. The number of ether oxygens (including phenoxy) is 1. The minimum absolute atomic E-state index is 0.0127. The van der Waals surface area contributed by atoms with Crippen molar-refractivity contribution in [2.45, 2.75) is 31.8 Å². The Morgan fingerprint density at radius 2 is 1.51 bits per heavy atom. The van der Waals surface area contributed by atoms with Gasteiger partial charge in [0.1, 0.15) is 35.7 Å². The maximum absolute atomic E-state index is 15.2. The number of nitrogens with one attached hydrogen (secondary N) is 1. The number of phenols is 2. The molecule has 0 saturated carbocycles. The summed E-state index contributed by atoms with van der Waals surface area (Å²) in [4.78, 5) is 52.7. The Kier molecular flexibility index (Phi) is 10.5. The van der Waals surface area contributed by atoms with Crippen LogP contribution in [0.2, 0.25) is 0 Å². The summed E-state index contributed by atoms with van der Waals surface area (Å²) < 4.78 is 21.2. The molecule has 2 aliphatic rings. The molecule has 6 rings (SSSR count). The van der Waals surface area contributed by atoms with Gasteiger partial charge in [0.15, 0.2) is 0 Å². The van der Waals surface area contributed by atoms with Crippen LogP contribution in [0.4, 0.5) is 4.39 Å². The van der Waals surface area contributed by atoms with Crippen molar-refractivity contribution in [3.05, 3.63) is 124 Å². The zero-order chi connectivity index (χ0) is 36.2. The lowest BCUT2D eigenvalue weighted by Gasteiger charge is -2.27. The Balaban J connectivity index is 1.13. The van der Waals surface area contributed by atoms with Gasteiger partial charge in [0.25, 0.3) is 11.8 Å². The number of fused-ring (bicyclic) bond motifs is 1. The van der Waals surface area contributed by atoms with Gasteiger partial charge in [-0.05, 0) is 102 Å². The molecule has 1 atom stereocenters. The molecule has 1 fully saturated rings. The minimum Gasteiger partial charge on any atom is -0.508 e. The highest BCUT2D eigenvalue weighted by molar-refractivity contribution is 6.23. The van der Waals surface area contributed by atoms with Gasteiger partial charge in [-0.15, -0.1) is 11.6 Å². The number of amides is 4. The van der Waals surface area contributed by atoms with E-state index in [-0.39, 0.29) is 42.0 Å². The third-order valence-corrected chi connectivity index (χ3v) is 9.10. The molecule has 3 N–H and O–H groups in total. The van der Waals surface area contributed by atoms with Crippen molar-refractivity contribution in [2.75, 3.05) is 26.1 Å². The molecule has 0 spiro atoms. The summed E-state index contributed by atoms with van der Waals surface area (Å²) in [7, 11) is 1.82. The molecule has 51 heavy (non-hydrogen) atoms. The van der Waals surface area contributed by atoms with Gasteiger partial charge >= 0.3 is 0 Å². The fourth-order valence-electron chi connectivity index (χ4n) is 6.44. The molecule has 1 unspecified atom stereocenters. The topological polar surface area (TPSA) is 136 Å². The number of piperidine rings is 1. The number of aromatic hydroxyl groups is 2. The number of phenolic OH excluding ortho intramolecular Hbond substituents is 2. The lowest BCUT2D eigenvalue weighted by Crippen LogP contribution is -2.54. The molecule has 1 saturated heterocycles. The zero-order valence-electron chi connectivity index (χ0n) is 27.7. The molecule has 262 valence electrons. The van der Waals surface area contributed by atoms with Crippen LogP contribution in [-0.4, -0.2) is 75.8 Å². The van der Waals surface area contributed by atoms with E-state index in [1.165, 1.54) is 12.1 Å². The van der Waals surface area contributed by atoms with Gasteiger partial charge in [0.2, 0.25) is 11.8 Å². The standard InChI is InChI=1S/C39H35ClFN3O7/c1-43(22-23-20-31-36(32(41)21-23)39(50)44(38(31)49)33-14-15-34(47)42-37(33)48)18-19-51-29-12-6-26(7-13-29)35(25-4-10-28(46)11-5-25)30(16-17-40)24-2-8-27(45)9-3-24/h2-13,20-21,33,45-46H,14-19,22H2,1H3,(H,42,47,48). The second-order valence-corrected chi connectivity index (χ2v) is 12.8. The second kappa shape index (κ2) is 15.2. The van der Waals surface area contributed by atoms with Gasteiger partial charge in [-0.3, -0.25) is 34.3 Å². The number of hydrogen-bond donors (Lipinski definition) is 3. The fourth-order valence-corrected chi connectivity index (χ4v) is 6.63. The number of benzene rings is 4. The molecule has 10 nitrogen and oxygen atoms in total. The summed E-state index contributed by atoms with van der Waals surface area (Å²) in [6, 6.07) is 23.0. The average Bonchev–Trinajstić information content (AvgIpc) is 3.35. The summed E-state index contributed by atoms with van der Waals surface area (Å²) in [6.45, 7) is 1.01. The quantitative estimate of drug-likeness (QED) is 0.0963. The SMILES string of the molecule is CN(CCOc1ccc(C(=C(CCCl)c2ccc(O)cc2)c2ccc(O)cc2)cc1)Cc1cc(F)c2c(c1)C(=O)N(C1CCC(=O)NC1=O)C2=O. The Morgan fingerprint density at radius 1 is 0.902 bits per heavy atom. The molecule has 0 radical (unpaired) electrons. The summed E-state index contributed by atoms with van der Waals surface area (Å²) >= 11 is 6.25. The number of imide groups is 2. The monoisotopic (exact) mass is 711 g/mol. The minimum atomic E-state index is -1.17. The molecule has 2 aliphatic heterocycles. The van der Waals surface area contributed by atoms with E-state index in [1.807, 2.05) is 60.5 Å². The number of carbonyl (C=O) groups is 4. The number of alkyl halides is 1. The van der Waals surface area contributed by atoms with Gasteiger partial charge in [-0.1, -0.05) is 36.4 Å². The van der Waals surface area contributed by atoms with Crippen molar-refractivity contribution >= 4 is 46.4 Å². The first-order valence-corrected chi connectivity index (χ1v) is 16.9. The van der Waals surface area contributed by atoms with Gasteiger partial charge in [-0.2, -0.15) is 0 Å². The van der Waals surface area contributed by atoms with Crippen LogP contribution in [-0.2, 0) is 16.1 Å². The van der Waals surface area contributed by atoms with Crippen LogP contribution in [0.5, 0.6) is 17.2 Å². The van der Waals surface area contributed by atoms with E-state index in [0.717, 1.165) is 32.7 Å². The van der Waals surface area contributed by atoms with Crippen LogP contribution in [0.15, 0.2) is 84.9 Å². The highest BCUT2D eigenvalue weighted by Gasteiger charge is 2.46. The van der Waals surface area contributed by atoms with Crippen LogP contribution in [0.1, 0.15) is 62.2 Å². The van der Waals surface area contributed by atoms with E-state index in [9.17, 15) is 29.4 Å². The first kappa shape index (κ1) is 35.3. The molecular weight excluding hydrogens is 677 g/mol. The third kappa shape index (κ3) is 7.64. The Morgan fingerprint density at radius 3 is 2.12 bits per heavy atom. The molecule has 12 heteroatoms. The maximum Gasteiger partial charge on any atom is 0.265 e.